The van der Waals surface area contributed by atoms with Crippen molar-refractivity contribution in [1.82, 2.24) is 9.97 Å². The summed E-state index contributed by atoms with van der Waals surface area (Å²) in [4.78, 5) is 10.4. The van der Waals surface area contributed by atoms with Gasteiger partial charge in [0.05, 0.1) is 11.2 Å². The van der Waals surface area contributed by atoms with Crippen LogP contribution in [0.4, 0.5) is 0 Å². The van der Waals surface area contributed by atoms with Crippen molar-refractivity contribution in [3.63, 3.8) is 0 Å². The average Bonchev–Trinajstić information content (AvgIpc) is 2.88. The minimum atomic E-state index is -2.10. The van der Waals surface area contributed by atoms with Gasteiger partial charge in [-0.15, -0.1) is 0 Å². The van der Waals surface area contributed by atoms with Gasteiger partial charge >= 0.3 is 0 Å². The van der Waals surface area contributed by atoms with Gasteiger partial charge in [-0.2, -0.15) is 0 Å². The molecule has 0 amide bonds. The molecule has 6 aromatic rings. The second kappa shape index (κ2) is 6.99. The van der Waals surface area contributed by atoms with E-state index in [9.17, 15) is 0 Å². The Kier molecular flexibility index (Phi) is 4.15. The SMILES string of the molecule is CCc1ccc2ccc3c4ccnc5c4c(cc3c2c1)[Si](C)(C)c1nc2c(C)c(C)ccc2cc1-5. The highest BCUT2D eigenvalue weighted by Crippen LogP contribution is 2.38. The Labute approximate surface area is 206 Å². The van der Waals surface area contributed by atoms with E-state index in [-0.39, 0.29) is 0 Å². The Bertz CT molecular complexity index is 1880. The summed E-state index contributed by atoms with van der Waals surface area (Å²) in [6, 6.07) is 23.0. The smallest absolute Gasteiger partial charge is 0.137 e. The van der Waals surface area contributed by atoms with Gasteiger partial charge in [0.15, 0.2) is 0 Å². The highest BCUT2D eigenvalue weighted by Gasteiger charge is 2.38. The number of rotatable bonds is 1. The van der Waals surface area contributed by atoms with Crippen LogP contribution in [0.25, 0.3) is 54.5 Å². The summed E-state index contributed by atoms with van der Waals surface area (Å²) in [5.74, 6) is 0. The van der Waals surface area contributed by atoms with Crippen LogP contribution in [0.3, 0.4) is 0 Å². The van der Waals surface area contributed by atoms with E-state index < -0.39 is 8.07 Å². The molecule has 0 bridgehead atoms. The van der Waals surface area contributed by atoms with E-state index in [1.807, 2.05) is 6.20 Å². The maximum absolute atomic E-state index is 5.41. The minimum absolute atomic E-state index is 1.05. The predicted octanol–water partition coefficient (Wildman–Crippen LogP) is 7.07. The van der Waals surface area contributed by atoms with Crippen molar-refractivity contribution in [1.29, 1.82) is 0 Å². The lowest BCUT2D eigenvalue weighted by Gasteiger charge is -2.33. The van der Waals surface area contributed by atoms with Crippen molar-refractivity contribution >= 4 is 61.8 Å². The third-order valence-corrected chi connectivity index (χ3v) is 11.7. The van der Waals surface area contributed by atoms with Crippen molar-refractivity contribution in [3.05, 3.63) is 83.6 Å². The van der Waals surface area contributed by atoms with E-state index in [4.69, 9.17) is 9.97 Å². The van der Waals surface area contributed by atoms with Gasteiger partial charge in [-0.3, -0.25) is 9.97 Å². The molecule has 3 heteroatoms. The summed E-state index contributed by atoms with van der Waals surface area (Å²) in [5, 5.41) is 11.9. The minimum Gasteiger partial charge on any atom is -0.256 e. The van der Waals surface area contributed by atoms with Crippen LogP contribution in [0.2, 0.25) is 13.1 Å². The fourth-order valence-corrected chi connectivity index (χ4v) is 9.03. The molecule has 170 valence electrons. The molecule has 0 unspecified atom stereocenters. The van der Waals surface area contributed by atoms with Gasteiger partial charge < -0.3 is 0 Å². The van der Waals surface area contributed by atoms with Crippen molar-refractivity contribution in [2.75, 3.05) is 0 Å². The van der Waals surface area contributed by atoms with Crippen LogP contribution < -0.4 is 10.5 Å². The van der Waals surface area contributed by atoms with Crippen LogP contribution in [-0.4, -0.2) is 18.0 Å². The molecule has 2 aromatic heterocycles. The predicted molar refractivity (Wildman–Crippen MR) is 153 cm³/mol. The van der Waals surface area contributed by atoms with E-state index in [0.29, 0.717) is 0 Å². The second-order valence-corrected chi connectivity index (χ2v) is 14.9. The van der Waals surface area contributed by atoms with Crippen LogP contribution in [0.1, 0.15) is 23.6 Å². The zero-order valence-electron chi connectivity index (χ0n) is 21.0. The standard InChI is InChI=1S/C32H28N2Si/c1-6-20-8-10-21-11-12-23-24-13-14-33-31-27-16-22-9-7-18(2)19(3)30(22)34-32(27)35(4,5)28(29(24)31)17-26(23)25(21)15-20/h7-17H,6H2,1-5H3. The van der Waals surface area contributed by atoms with E-state index in [1.165, 1.54) is 70.5 Å². The molecule has 0 saturated heterocycles. The maximum Gasteiger partial charge on any atom is 0.137 e. The molecule has 3 heterocycles. The van der Waals surface area contributed by atoms with Gasteiger partial charge in [0.2, 0.25) is 0 Å². The average molecular weight is 469 g/mol. The molecule has 0 atom stereocenters. The Hall–Kier alpha value is -3.56. The van der Waals surface area contributed by atoms with Gasteiger partial charge in [-0.25, -0.2) is 0 Å². The molecule has 1 aliphatic heterocycles. The summed E-state index contributed by atoms with van der Waals surface area (Å²) in [5.41, 5.74) is 7.42. The zero-order valence-corrected chi connectivity index (χ0v) is 22.0. The van der Waals surface area contributed by atoms with Gasteiger partial charge in [-0.05, 0) is 81.2 Å². The lowest BCUT2D eigenvalue weighted by Crippen LogP contribution is -2.57. The normalized spacial score (nSPS) is 14.2. The lowest BCUT2D eigenvalue weighted by atomic mass is 9.94. The molecule has 4 aromatic carbocycles. The fraction of sp³-hybridized carbons (Fsp3) is 0.188. The van der Waals surface area contributed by atoms with E-state index >= 15 is 0 Å². The Morgan fingerprint density at radius 3 is 2.40 bits per heavy atom. The van der Waals surface area contributed by atoms with E-state index in [2.05, 4.69) is 94.5 Å². The van der Waals surface area contributed by atoms with Gasteiger partial charge in [-0.1, -0.05) is 68.5 Å². The third-order valence-electron chi connectivity index (χ3n) is 8.37. The molecule has 0 spiro atoms. The van der Waals surface area contributed by atoms with Gasteiger partial charge in [0.25, 0.3) is 0 Å². The second-order valence-electron chi connectivity index (χ2n) is 10.7. The number of aromatic nitrogens is 2. The van der Waals surface area contributed by atoms with Crippen molar-refractivity contribution < 1.29 is 0 Å². The molecule has 7 rings (SSSR count). The molecule has 0 N–H and O–H groups in total. The van der Waals surface area contributed by atoms with Crippen molar-refractivity contribution in [3.8, 4) is 11.3 Å². The molecule has 0 fully saturated rings. The van der Waals surface area contributed by atoms with Gasteiger partial charge in [0, 0.05) is 27.8 Å². The number of hydrogen-bond donors (Lipinski definition) is 0. The number of benzene rings is 4. The molecule has 0 saturated carbocycles. The molecular formula is C32H28N2Si. The highest BCUT2D eigenvalue weighted by molar-refractivity contribution is 7.03. The third kappa shape index (κ3) is 2.70. The largest absolute Gasteiger partial charge is 0.256 e. The quantitative estimate of drug-likeness (QED) is 0.190. The Morgan fingerprint density at radius 1 is 0.771 bits per heavy atom. The Morgan fingerprint density at radius 2 is 1.57 bits per heavy atom. The first-order chi connectivity index (χ1) is 16.9. The first kappa shape index (κ1) is 20.8. The van der Waals surface area contributed by atoms with E-state index in [1.54, 1.807) is 0 Å². The van der Waals surface area contributed by atoms with Crippen molar-refractivity contribution in [2.24, 2.45) is 0 Å². The molecule has 1 aliphatic rings. The number of aryl methyl sites for hydroxylation is 3. The lowest BCUT2D eigenvalue weighted by molar-refractivity contribution is 1.15. The molecule has 0 aliphatic carbocycles. The number of hydrogen-bond acceptors (Lipinski definition) is 2. The Balaban J connectivity index is 1.67. The maximum atomic E-state index is 5.41. The zero-order chi connectivity index (χ0) is 24.1. The van der Waals surface area contributed by atoms with Crippen LogP contribution in [0, 0.1) is 13.8 Å². The van der Waals surface area contributed by atoms with Crippen molar-refractivity contribution in [2.45, 2.75) is 40.3 Å². The summed E-state index contributed by atoms with van der Waals surface area (Å²) >= 11 is 0. The first-order valence-corrected chi connectivity index (χ1v) is 15.6. The summed E-state index contributed by atoms with van der Waals surface area (Å²) in [6.45, 7) is 11.5. The number of pyridine rings is 2. The first-order valence-electron chi connectivity index (χ1n) is 12.6. The van der Waals surface area contributed by atoms with Crippen LogP contribution in [0.5, 0.6) is 0 Å². The van der Waals surface area contributed by atoms with E-state index in [0.717, 1.165) is 17.6 Å². The van der Waals surface area contributed by atoms with Gasteiger partial charge in [0.1, 0.15) is 8.07 Å². The molecule has 0 radical (unpaired) electrons. The summed E-state index contributed by atoms with van der Waals surface area (Å²) in [6.07, 6.45) is 3.03. The van der Waals surface area contributed by atoms with Crippen LogP contribution in [0.15, 0.2) is 66.9 Å². The summed E-state index contributed by atoms with van der Waals surface area (Å²) < 4.78 is 0. The molecular weight excluding hydrogens is 440 g/mol. The number of nitrogens with zero attached hydrogens (tertiary/aromatic N) is 2. The molecule has 35 heavy (non-hydrogen) atoms. The monoisotopic (exact) mass is 468 g/mol. The fourth-order valence-electron chi connectivity index (χ4n) is 6.14. The van der Waals surface area contributed by atoms with Crippen LogP contribution in [-0.2, 0) is 6.42 Å². The van der Waals surface area contributed by atoms with Crippen LogP contribution >= 0.6 is 0 Å². The number of fused-ring (bicyclic) bond motifs is 7. The topological polar surface area (TPSA) is 25.8 Å². The highest BCUT2D eigenvalue weighted by atomic mass is 28.3. The molecule has 2 nitrogen and oxygen atoms in total. The summed E-state index contributed by atoms with van der Waals surface area (Å²) in [7, 11) is -2.10.